The molecule has 8 heteroatoms. The molecule has 3 nitrogen and oxygen atoms in total. The molecule has 3 aromatic rings. The maximum atomic E-state index is 14.2. The highest BCUT2D eigenvalue weighted by Crippen LogP contribution is 2.49. The van der Waals surface area contributed by atoms with Crippen molar-refractivity contribution in [3.05, 3.63) is 57.2 Å². The third kappa shape index (κ3) is 2.59. The van der Waals surface area contributed by atoms with Gasteiger partial charge in [0.1, 0.15) is 17.7 Å². The van der Waals surface area contributed by atoms with Gasteiger partial charge in [0.2, 0.25) is 0 Å². The quantitative estimate of drug-likeness (QED) is 0.629. The van der Waals surface area contributed by atoms with Crippen LogP contribution in [0, 0.1) is 28.9 Å². The Morgan fingerprint density at radius 3 is 2.58 bits per heavy atom. The van der Waals surface area contributed by atoms with Crippen molar-refractivity contribution in [1.82, 2.24) is 4.57 Å². The standard InChI is InChI=1S/C18H10F4N2OS/c19-12-2-3-13(20)16(11(12)7-23)9-1-4-14-15(5-9)26-17(25)24(14)8-10-6-18(10,21)22/h1-5,10H,6,8H2. The van der Waals surface area contributed by atoms with Crippen LogP contribution in [0.5, 0.6) is 0 Å². The van der Waals surface area contributed by atoms with Crippen molar-refractivity contribution >= 4 is 21.6 Å². The van der Waals surface area contributed by atoms with E-state index in [1.54, 1.807) is 6.07 Å². The highest BCUT2D eigenvalue weighted by Gasteiger charge is 2.56. The number of nitrogens with zero attached hydrogens (tertiary/aromatic N) is 2. The first-order valence-electron chi connectivity index (χ1n) is 7.71. The largest absolute Gasteiger partial charge is 0.308 e. The molecular formula is C18H10F4N2OS. The lowest BCUT2D eigenvalue weighted by atomic mass is 9.99. The van der Waals surface area contributed by atoms with Crippen LogP contribution in [0.2, 0.25) is 0 Å². The Kier molecular flexibility index (Phi) is 3.66. The molecule has 0 N–H and O–H groups in total. The molecule has 0 bridgehead atoms. The minimum atomic E-state index is -2.74. The summed E-state index contributed by atoms with van der Waals surface area (Å²) in [5.41, 5.74) is 0.0993. The van der Waals surface area contributed by atoms with E-state index in [1.807, 2.05) is 0 Å². The van der Waals surface area contributed by atoms with Gasteiger partial charge in [-0.15, -0.1) is 0 Å². The molecule has 0 amide bonds. The lowest BCUT2D eigenvalue weighted by Gasteiger charge is -2.08. The molecule has 1 aliphatic rings. The number of benzene rings is 2. The smallest absolute Gasteiger partial charge is 0.298 e. The first kappa shape index (κ1) is 16.8. The van der Waals surface area contributed by atoms with Gasteiger partial charge in [-0.3, -0.25) is 9.36 Å². The fourth-order valence-corrected chi connectivity index (χ4v) is 3.97. The Morgan fingerprint density at radius 1 is 1.23 bits per heavy atom. The number of thiazole rings is 1. The van der Waals surface area contributed by atoms with Crippen LogP contribution in [0.4, 0.5) is 17.6 Å². The van der Waals surface area contributed by atoms with Gasteiger partial charge < -0.3 is 0 Å². The maximum absolute atomic E-state index is 14.2. The van der Waals surface area contributed by atoms with Gasteiger partial charge in [-0.05, 0) is 29.8 Å². The molecule has 1 fully saturated rings. The highest BCUT2D eigenvalue weighted by molar-refractivity contribution is 7.16. The predicted octanol–water partition coefficient (Wildman–Crippen LogP) is 4.54. The summed E-state index contributed by atoms with van der Waals surface area (Å²) in [6, 6.07) is 7.89. The zero-order chi connectivity index (χ0) is 18.6. The van der Waals surface area contributed by atoms with Crippen molar-refractivity contribution in [2.45, 2.75) is 18.9 Å². The monoisotopic (exact) mass is 378 g/mol. The fourth-order valence-electron chi connectivity index (χ4n) is 3.03. The Labute approximate surface area is 148 Å². The van der Waals surface area contributed by atoms with Crippen molar-refractivity contribution in [2.24, 2.45) is 5.92 Å². The molecule has 1 aliphatic carbocycles. The summed E-state index contributed by atoms with van der Waals surface area (Å²) >= 11 is 0.844. The molecule has 1 heterocycles. The summed E-state index contributed by atoms with van der Waals surface area (Å²) in [6.45, 7) is -0.0804. The second-order valence-corrected chi connectivity index (χ2v) is 7.21. The van der Waals surface area contributed by atoms with E-state index in [2.05, 4.69) is 0 Å². The molecule has 0 aliphatic heterocycles. The summed E-state index contributed by atoms with van der Waals surface area (Å²) in [4.78, 5) is 11.8. The molecule has 0 spiro atoms. The minimum absolute atomic E-state index is 0.0804. The summed E-state index contributed by atoms with van der Waals surface area (Å²) in [7, 11) is 0. The Balaban J connectivity index is 1.83. The molecule has 132 valence electrons. The van der Waals surface area contributed by atoms with Crippen molar-refractivity contribution in [2.75, 3.05) is 0 Å². The van der Waals surface area contributed by atoms with E-state index in [-0.39, 0.29) is 29.0 Å². The van der Waals surface area contributed by atoms with E-state index in [0.29, 0.717) is 10.2 Å². The van der Waals surface area contributed by atoms with Crippen LogP contribution in [0.3, 0.4) is 0 Å². The van der Waals surface area contributed by atoms with Gasteiger partial charge in [-0.25, -0.2) is 17.6 Å². The predicted molar refractivity (Wildman–Crippen MR) is 89.2 cm³/mol. The SMILES string of the molecule is N#Cc1c(F)ccc(F)c1-c1ccc2c(c1)sc(=O)n2CC1CC1(F)F. The molecule has 1 unspecified atom stereocenters. The number of fused-ring (bicyclic) bond motifs is 1. The average Bonchev–Trinajstić information content (AvgIpc) is 3.07. The number of halogens is 4. The molecule has 0 radical (unpaired) electrons. The van der Waals surface area contributed by atoms with Crippen molar-refractivity contribution in [3.63, 3.8) is 0 Å². The molecule has 2 aromatic carbocycles. The normalized spacial score (nSPS) is 18.0. The molecule has 1 saturated carbocycles. The van der Waals surface area contributed by atoms with Gasteiger partial charge in [0.25, 0.3) is 5.92 Å². The Bertz CT molecular complexity index is 1140. The van der Waals surface area contributed by atoms with Gasteiger partial charge in [0.15, 0.2) is 0 Å². The molecular weight excluding hydrogens is 368 g/mol. The minimum Gasteiger partial charge on any atom is -0.298 e. The van der Waals surface area contributed by atoms with Crippen LogP contribution >= 0.6 is 11.3 Å². The molecule has 26 heavy (non-hydrogen) atoms. The summed E-state index contributed by atoms with van der Waals surface area (Å²) < 4.78 is 56.0. The highest BCUT2D eigenvalue weighted by atomic mass is 32.1. The number of nitriles is 1. The van der Waals surface area contributed by atoms with Crippen molar-refractivity contribution < 1.29 is 17.6 Å². The number of hydrogen-bond acceptors (Lipinski definition) is 3. The fraction of sp³-hybridized carbons (Fsp3) is 0.222. The molecule has 1 aromatic heterocycles. The first-order chi connectivity index (χ1) is 12.3. The zero-order valence-corrected chi connectivity index (χ0v) is 13.9. The topological polar surface area (TPSA) is 45.8 Å². The van der Waals surface area contributed by atoms with E-state index >= 15 is 0 Å². The van der Waals surface area contributed by atoms with E-state index in [0.717, 1.165) is 23.5 Å². The van der Waals surface area contributed by atoms with Crippen LogP contribution < -0.4 is 4.87 Å². The van der Waals surface area contributed by atoms with E-state index in [4.69, 9.17) is 5.26 Å². The van der Waals surface area contributed by atoms with Crippen molar-refractivity contribution in [3.8, 4) is 17.2 Å². The van der Waals surface area contributed by atoms with Crippen LogP contribution in [0.25, 0.3) is 21.3 Å². The Hall–Kier alpha value is -2.66. The molecule has 1 atom stereocenters. The van der Waals surface area contributed by atoms with Gasteiger partial charge in [-0.1, -0.05) is 17.4 Å². The lowest BCUT2D eigenvalue weighted by molar-refractivity contribution is 0.0953. The third-order valence-corrected chi connectivity index (χ3v) is 5.47. The maximum Gasteiger partial charge on any atom is 0.308 e. The van der Waals surface area contributed by atoms with E-state index in [1.165, 1.54) is 22.8 Å². The summed E-state index contributed by atoms with van der Waals surface area (Å²) in [6.07, 6.45) is -0.241. The van der Waals surface area contributed by atoms with Crippen LogP contribution in [0.1, 0.15) is 12.0 Å². The molecule has 0 saturated heterocycles. The second-order valence-electron chi connectivity index (χ2n) is 6.21. The first-order valence-corrected chi connectivity index (χ1v) is 8.53. The second kappa shape index (κ2) is 5.68. The number of alkyl halides is 2. The van der Waals surface area contributed by atoms with Gasteiger partial charge in [-0.2, -0.15) is 5.26 Å². The average molecular weight is 378 g/mol. The number of aromatic nitrogens is 1. The van der Waals surface area contributed by atoms with Crippen LogP contribution in [-0.2, 0) is 6.54 Å². The van der Waals surface area contributed by atoms with Crippen LogP contribution in [-0.4, -0.2) is 10.5 Å². The number of hydrogen-bond donors (Lipinski definition) is 0. The molecule has 4 rings (SSSR count). The van der Waals surface area contributed by atoms with E-state index < -0.39 is 29.0 Å². The van der Waals surface area contributed by atoms with Gasteiger partial charge in [0.05, 0.1) is 15.8 Å². The van der Waals surface area contributed by atoms with E-state index in [9.17, 15) is 22.4 Å². The van der Waals surface area contributed by atoms with Crippen LogP contribution in [0.15, 0.2) is 35.1 Å². The van der Waals surface area contributed by atoms with Gasteiger partial charge in [0, 0.05) is 24.4 Å². The zero-order valence-electron chi connectivity index (χ0n) is 13.1. The van der Waals surface area contributed by atoms with Gasteiger partial charge >= 0.3 is 4.87 Å². The van der Waals surface area contributed by atoms with Crippen molar-refractivity contribution in [1.29, 1.82) is 5.26 Å². The Morgan fingerprint density at radius 2 is 1.92 bits per heavy atom. The summed E-state index contributed by atoms with van der Waals surface area (Å²) in [5.74, 6) is -5.19. The summed E-state index contributed by atoms with van der Waals surface area (Å²) in [5, 5.41) is 9.12. The number of rotatable bonds is 3. The lowest BCUT2D eigenvalue weighted by Crippen LogP contribution is -2.15. The third-order valence-electron chi connectivity index (χ3n) is 4.53.